The minimum absolute atomic E-state index is 0. The van der Waals surface area contributed by atoms with Gasteiger partial charge in [-0.3, -0.25) is 4.79 Å². The molecule has 0 spiro atoms. The van der Waals surface area contributed by atoms with Crippen molar-refractivity contribution in [1.29, 1.82) is 0 Å². The van der Waals surface area contributed by atoms with Crippen molar-refractivity contribution in [2.75, 3.05) is 25.0 Å². The Hall–Kier alpha value is -1.04. The molecule has 2 N–H and O–H groups in total. The first-order valence-electron chi connectivity index (χ1n) is 7.93. The molecule has 1 amide bonds. The van der Waals surface area contributed by atoms with E-state index in [2.05, 4.69) is 4.90 Å². The number of carbonyl (C=O) groups is 1. The van der Waals surface area contributed by atoms with Crippen molar-refractivity contribution in [3.8, 4) is 0 Å². The van der Waals surface area contributed by atoms with Gasteiger partial charge in [0.05, 0.1) is 6.04 Å². The average Bonchev–Trinajstić information content (AvgIpc) is 2.53. The number of rotatable bonds is 4. The van der Waals surface area contributed by atoms with Crippen LogP contribution >= 0.6 is 24.8 Å². The van der Waals surface area contributed by atoms with Crippen LogP contribution in [-0.2, 0) is 4.79 Å². The van der Waals surface area contributed by atoms with Gasteiger partial charge in [-0.1, -0.05) is 13.8 Å². The molecule has 7 heteroatoms. The second kappa shape index (κ2) is 10.1. The lowest BCUT2D eigenvalue weighted by Crippen LogP contribution is -2.51. The van der Waals surface area contributed by atoms with E-state index in [0.29, 0.717) is 6.04 Å². The maximum Gasteiger partial charge on any atom is 0.239 e. The number of halogens is 3. The van der Waals surface area contributed by atoms with Crippen LogP contribution in [-0.4, -0.2) is 43.0 Å². The van der Waals surface area contributed by atoms with Crippen molar-refractivity contribution in [2.45, 2.75) is 38.8 Å². The Morgan fingerprint density at radius 1 is 1.21 bits per heavy atom. The second-order valence-corrected chi connectivity index (χ2v) is 6.41. The molecule has 1 saturated heterocycles. The van der Waals surface area contributed by atoms with E-state index >= 15 is 0 Å². The molecule has 1 atom stereocenters. The van der Waals surface area contributed by atoms with Gasteiger partial charge in [-0.25, -0.2) is 4.39 Å². The molecule has 24 heavy (non-hydrogen) atoms. The lowest BCUT2D eigenvalue weighted by Gasteiger charge is -2.39. The van der Waals surface area contributed by atoms with Gasteiger partial charge in [-0.15, -0.1) is 24.8 Å². The van der Waals surface area contributed by atoms with Gasteiger partial charge in [0, 0.05) is 31.9 Å². The minimum Gasteiger partial charge on any atom is -0.371 e. The second-order valence-electron chi connectivity index (χ2n) is 6.41. The summed E-state index contributed by atoms with van der Waals surface area (Å²) < 4.78 is 13.0. The molecule has 1 fully saturated rings. The third-order valence-electron chi connectivity index (χ3n) is 4.56. The zero-order valence-electron chi connectivity index (χ0n) is 14.4. The molecule has 0 saturated carbocycles. The number of benzene rings is 1. The van der Waals surface area contributed by atoms with Crippen molar-refractivity contribution >= 4 is 36.4 Å². The Bertz CT molecular complexity index is 505. The van der Waals surface area contributed by atoms with Crippen LogP contribution in [0.1, 0.15) is 26.7 Å². The average molecular weight is 380 g/mol. The number of hydrogen-bond acceptors (Lipinski definition) is 3. The summed E-state index contributed by atoms with van der Waals surface area (Å²) in [7, 11) is 2.02. The number of likely N-dealkylation sites (tertiary alicyclic amines) is 1. The molecule has 138 valence electrons. The van der Waals surface area contributed by atoms with E-state index in [0.717, 1.165) is 31.6 Å². The highest BCUT2D eigenvalue weighted by Gasteiger charge is 2.29. The number of anilines is 1. The highest BCUT2D eigenvalue weighted by atomic mass is 35.5. The van der Waals surface area contributed by atoms with Gasteiger partial charge >= 0.3 is 0 Å². The number of nitrogens with zero attached hydrogens (tertiary/aromatic N) is 2. The van der Waals surface area contributed by atoms with Crippen LogP contribution < -0.4 is 10.6 Å². The van der Waals surface area contributed by atoms with Gasteiger partial charge in [0.25, 0.3) is 0 Å². The summed E-state index contributed by atoms with van der Waals surface area (Å²) in [5.74, 6) is -0.00904. The zero-order valence-corrected chi connectivity index (χ0v) is 16.1. The molecule has 0 radical (unpaired) electrons. The first-order valence-corrected chi connectivity index (χ1v) is 7.93. The molecule has 1 aliphatic heterocycles. The standard InChI is InChI=1S/C17H26FN3O.2ClH/c1-12(2)16(19)17(22)21-10-8-15(9-11-21)20(3)14-6-4-13(18)5-7-14;;/h4-7,12,15-16H,8-11,19H2,1-3H3;2*1H/t16-;;/m0../s1. The molecule has 1 aliphatic rings. The predicted octanol–water partition coefficient (Wildman–Crippen LogP) is 3.08. The smallest absolute Gasteiger partial charge is 0.239 e. The van der Waals surface area contributed by atoms with Crippen molar-refractivity contribution in [3.63, 3.8) is 0 Å². The number of nitrogens with two attached hydrogens (primary N) is 1. The number of carbonyl (C=O) groups excluding carboxylic acids is 1. The Morgan fingerprint density at radius 2 is 1.71 bits per heavy atom. The fourth-order valence-corrected chi connectivity index (χ4v) is 2.86. The Labute approximate surface area is 156 Å². The van der Waals surface area contributed by atoms with E-state index in [1.807, 2.05) is 25.8 Å². The third kappa shape index (κ3) is 5.50. The molecular weight excluding hydrogens is 352 g/mol. The highest BCUT2D eigenvalue weighted by Crippen LogP contribution is 2.23. The maximum atomic E-state index is 13.0. The van der Waals surface area contributed by atoms with Gasteiger partial charge < -0.3 is 15.5 Å². The SMILES string of the molecule is CC(C)[C@H](N)C(=O)N1CCC(N(C)c2ccc(F)cc2)CC1.Cl.Cl. The van der Waals surface area contributed by atoms with E-state index < -0.39 is 6.04 Å². The maximum absolute atomic E-state index is 13.0. The van der Waals surface area contributed by atoms with Crippen LogP contribution in [0.5, 0.6) is 0 Å². The molecule has 0 bridgehead atoms. The summed E-state index contributed by atoms with van der Waals surface area (Å²) >= 11 is 0. The van der Waals surface area contributed by atoms with Crippen LogP contribution in [0.25, 0.3) is 0 Å². The quantitative estimate of drug-likeness (QED) is 0.874. The third-order valence-corrected chi connectivity index (χ3v) is 4.56. The van der Waals surface area contributed by atoms with Crippen LogP contribution in [0.2, 0.25) is 0 Å². The van der Waals surface area contributed by atoms with Crippen LogP contribution in [0.15, 0.2) is 24.3 Å². The summed E-state index contributed by atoms with van der Waals surface area (Å²) in [6.07, 6.45) is 1.81. The minimum atomic E-state index is -0.411. The fourth-order valence-electron chi connectivity index (χ4n) is 2.86. The summed E-state index contributed by atoms with van der Waals surface area (Å²) in [6, 6.07) is 6.50. The number of piperidine rings is 1. The molecular formula is C17H28Cl2FN3O. The van der Waals surface area contributed by atoms with E-state index in [4.69, 9.17) is 5.73 Å². The van der Waals surface area contributed by atoms with E-state index in [-0.39, 0.29) is 42.5 Å². The molecule has 1 aromatic carbocycles. The van der Waals surface area contributed by atoms with Crippen molar-refractivity contribution in [1.82, 2.24) is 4.90 Å². The Balaban J connectivity index is 0.00000264. The molecule has 0 aliphatic carbocycles. The van der Waals surface area contributed by atoms with E-state index in [1.54, 1.807) is 12.1 Å². The molecule has 0 aromatic heterocycles. The Kier molecular flexibility index (Phi) is 9.63. The molecule has 0 unspecified atom stereocenters. The number of amides is 1. The predicted molar refractivity (Wildman–Crippen MR) is 102 cm³/mol. The zero-order chi connectivity index (χ0) is 16.3. The summed E-state index contributed by atoms with van der Waals surface area (Å²) in [4.78, 5) is 16.3. The highest BCUT2D eigenvalue weighted by molar-refractivity contribution is 5.85. The van der Waals surface area contributed by atoms with Gasteiger partial charge in [-0.2, -0.15) is 0 Å². The lowest BCUT2D eigenvalue weighted by atomic mass is 9.99. The fraction of sp³-hybridized carbons (Fsp3) is 0.588. The van der Waals surface area contributed by atoms with Crippen LogP contribution in [0, 0.1) is 11.7 Å². The summed E-state index contributed by atoms with van der Waals surface area (Å²) in [6.45, 7) is 5.40. The van der Waals surface area contributed by atoms with Crippen molar-refractivity contribution in [2.24, 2.45) is 11.7 Å². The first kappa shape index (κ1) is 23.0. The monoisotopic (exact) mass is 379 g/mol. The van der Waals surface area contributed by atoms with E-state index in [9.17, 15) is 9.18 Å². The van der Waals surface area contributed by atoms with Crippen molar-refractivity contribution in [3.05, 3.63) is 30.1 Å². The van der Waals surface area contributed by atoms with Crippen molar-refractivity contribution < 1.29 is 9.18 Å². The van der Waals surface area contributed by atoms with Crippen LogP contribution in [0.4, 0.5) is 10.1 Å². The molecule has 2 rings (SSSR count). The lowest BCUT2D eigenvalue weighted by molar-refractivity contribution is -0.134. The molecule has 1 heterocycles. The summed E-state index contributed by atoms with van der Waals surface area (Å²) in [5, 5.41) is 0. The number of hydrogen-bond donors (Lipinski definition) is 1. The summed E-state index contributed by atoms with van der Waals surface area (Å²) in [5.41, 5.74) is 6.96. The van der Waals surface area contributed by atoms with Gasteiger partial charge in [-0.05, 0) is 43.0 Å². The van der Waals surface area contributed by atoms with E-state index in [1.165, 1.54) is 12.1 Å². The largest absolute Gasteiger partial charge is 0.371 e. The molecule has 4 nitrogen and oxygen atoms in total. The normalized spacial score (nSPS) is 16.2. The van der Waals surface area contributed by atoms with Crippen LogP contribution in [0.3, 0.4) is 0 Å². The van der Waals surface area contributed by atoms with Gasteiger partial charge in [0.15, 0.2) is 0 Å². The molecule has 1 aromatic rings. The first-order chi connectivity index (χ1) is 10.4. The Morgan fingerprint density at radius 3 is 2.17 bits per heavy atom. The van der Waals surface area contributed by atoms with Gasteiger partial charge in [0.2, 0.25) is 5.91 Å². The van der Waals surface area contributed by atoms with Gasteiger partial charge in [0.1, 0.15) is 5.82 Å². The topological polar surface area (TPSA) is 49.6 Å².